The molecule has 0 aromatic heterocycles. The Morgan fingerprint density at radius 2 is 1.82 bits per heavy atom. The zero-order valence-corrected chi connectivity index (χ0v) is 21.9. The first kappa shape index (κ1) is 25.4. The highest BCUT2D eigenvalue weighted by molar-refractivity contribution is 7.99. The van der Waals surface area contributed by atoms with E-state index in [0.717, 1.165) is 43.5 Å². The van der Waals surface area contributed by atoms with Crippen LogP contribution in [0.4, 0.5) is 11.4 Å². The lowest BCUT2D eigenvalue weighted by Crippen LogP contribution is -2.36. The second kappa shape index (κ2) is 12.9. The molecule has 0 radical (unpaired) electrons. The van der Waals surface area contributed by atoms with Crippen molar-refractivity contribution in [2.24, 2.45) is 5.92 Å². The van der Waals surface area contributed by atoms with E-state index in [4.69, 9.17) is 16.3 Å². The summed E-state index contributed by atoms with van der Waals surface area (Å²) in [5, 5.41) is 0.800. The van der Waals surface area contributed by atoms with Gasteiger partial charge in [-0.05, 0) is 75.0 Å². The van der Waals surface area contributed by atoms with Crippen LogP contribution in [-0.2, 0) is 9.53 Å². The summed E-state index contributed by atoms with van der Waals surface area (Å²) in [4.78, 5) is 19.0. The third kappa shape index (κ3) is 6.93. The number of anilines is 2. The maximum atomic E-state index is 11.5. The average Bonchev–Trinajstić information content (AvgIpc) is 2.84. The Balaban J connectivity index is 1.17. The number of ether oxygens (including phenoxy) is 1. The van der Waals surface area contributed by atoms with Gasteiger partial charge in [0.05, 0.1) is 11.4 Å². The van der Waals surface area contributed by atoms with Crippen LogP contribution in [0.2, 0.25) is 5.02 Å². The molecule has 4 nitrogen and oxygen atoms in total. The Bertz CT molecular complexity index is 946. The molecule has 0 spiro atoms. The number of hydrogen-bond donors (Lipinski definition) is 0. The van der Waals surface area contributed by atoms with Gasteiger partial charge in [0, 0.05) is 34.3 Å². The van der Waals surface area contributed by atoms with Crippen LogP contribution in [0.1, 0.15) is 58.3 Å². The van der Waals surface area contributed by atoms with E-state index in [0.29, 0.717) is 13.0 Å². The molecular formula is C28H37ClN2O2S. The first-order valence-electron chi connectivity index (χ1n) is 12.9. The van der Waals surface area contributed by atoms with Crippen molar-refractivity contribution in [3.05, 3.63) is 47.5 Å². The maximum absolute atomic E-state index is 11.5. The summed E-state index contributed by atoms with van der Waals surface area (Å²) in [7, 11) is 0. The zero-order valence-electron chi connectivity index (χ0n) is 20.3. The Labute approximate surface area is 214 Å². The topological polar surface area (TPSA) is 32.8 Å². The molecule has 0 bridgehead atoms. The quantitative estimate of drug-likeness (QED) is 0.235. The van der Waals surface area contributed by atoms with Crippen molar-refractivity contribution in [2.75, 3.05) is 37.7 Å². The standard InChI is InChI=1S/C28H37ClN2O2S/c1-2-8-28(32)33-20-19-30-17-14-22(15-18-30)9-4-3-7-16-31-24-10-5-6-11-26(24)34-27-13-12-23(29)21-25(27)31/h5-6,10-13,21-22H,2-4,7-9,14-20H2,1H3. The van der Waals surface area contributed by atoms with Crippen molar-refractivity contribution in [1.82, 2.24) is 4.90 Å². The lowest BCUT2D eigenvalue weighted by molar-refractivity contribution is -0.144. The van der Waals surface area contributed by atoms with Crippen LogP contribution in [0.3, 0.4) is 0 Å². The fraction of sp³-hybridized carbons (Fsp3) is 0.536. The van der Waals surface area contributed by atoms with E-state index in [1.807, 2.05) is 24.8 Å². The summed E-state index contributed by atoms with van der Waals surface area (Å²) >= 11 is 8.18. The van der Waals surface area contributed by atoms with E-state index in [9.17, 15) is 4.79 Å². The molecule has 2 aliphatic heterocycles. The molecule has 6 heteroatoms. The summed E-state index contributed by atoms with van der Waals surface area (Å²) < 4.78 is 5.31. The first-order valence-corrected chi connectivity index (χ1v) is 14.1. The van der Waals surface area contributed by atoms with Gasteiger partial charge in [0.25, 0.3) is 0 Å². The largest absolute Gasteiger partial charge is 0.464 e. The van der Waals surface area contributed by atoms with E-state index in [1.165, 1.54) is 59.7 Å². The predicted molar refractivity (Wildman–Crippen MR) is 143 cm³/mol. The number of para-hydroxylation sites is 1. The lowest BCUT2D eigenvalue weighted by atomic mass is 9.91. The Morgan fingerprint density at radius 1 is 1.03 bits per heavy atom. The number of piperidine rings is 1. The average molecular weight is 501 g/mol. The second-order valence-electron chi connectivity index (χ2n) is 9.44. The molecule has 4 rings (SSSR count). The Hall–Kier alpha value is -1.69. The van der Waals surface area contributed by atoms with Crippen LogP contribution in [0.15, 0.2) is 52.3 Å². The molecule has 0 saturated carbocycles. The van der Waals surface area contributed by atoms with Gasteiger partial charge >= 0.3 is 5.97 Å². The fourth-order valence-electron chi connectivity index (χ4n) is 4.99. The zero-order chi connectivity index (χ0) is 23.8. The summed E-state index contributed by atoms with van der Waals surface area (Å²) in [6.45, 7) is 6.72. The summed E-state index contributed by atoms with van der Waals surface area (Å²) in [6.07, 6.45) is 9.00. The molecule has 34 heavy (non-hydrogen) atoms. The minimum absolute atomic E-state index is 0.0595. The van der Waals surface area contributed by atoms with E-state index in [-0.39, 0.29) is 5.97 Å². The predicted octanol–water partition coefficient (Wildman–Crippen LogP) is 7.56. The number of halogens is 1. The second-order valence-corrected chi connectivity index (χ2v) is 11.0. The molecule has 0 aliphatic carbocycles. The van der Waals surface area contributed by atoms with Crippen molar-refractivity contribution in [3.63, 3.8) is 0 Å². The van der Waals surface area contributed by atoms with E-state index >= 15 is 0 Å². The van der Waals surface area contributed by atoms with Gasteiger partial charge < -0.3 is 9.64 Å². The van der Waals surface area contributed by atoms with Crippen molar-refractivity contribution in [3.8, 4) is 0 Å². The number of nitrogens with zero attached hydrogens (tertiary/aromatic N) is 2. The highest BCUT2D eigenvalue weighted by atomic mass is 35.5. The van der Waals surface area contributed by atoms with Crippen molar-refractivity contribution in [1.29, 1.82) is 0 Å². The number of esters is 1. The normalized spacial score (nSPS) is 16.2. The molecule has 0 unspecified atom stereocenters. The molecule has 0 amide bonds. The van der Waals surface area contributed by atoms with Crippen molar-refractivity contribution < 1.29 is 9.53 Å². The minimum Gasteiger partial charge on any atom is -0.464 e. The molecule has 2 heterocycles. The first-order chi connectivity index (χ1) is 16.6. The van der Waals surface area contributed by atoms with Gasteiger partial charge in [-0.15, -0.1) is 0 Å². The van der Waals surface area contributed by atoms with E-state index < -0.39 is 0 Å². The molecule has 184 valence electrons. The third-order valence-electron chi connectivity index (χ3n) is 6.91. The van der Waals surface area contributed by atoms with Crippen LogP contribution in [0, 0.1) is 5.92 Å². The van der Waals surface area contributed by atoms with Crippen LogP contribution >= 0.6 is 23.4 Å². The molecule has 2 aliphatic rings. The van der Waals surface area contributed by atoms with Crippen LogP contribution < -0.4 is 4.90 Å². The Morgan fingerprint density at radius 3 is 2.65 bits per heavy atom. The minimum atomic E-state index is -0.0595. The SMILES string of the molecule is CCCC(=O)OCCN1CCC(CCCCCN2c3ccccc3Sc3ccc(Cl)cc32)CC1. The summed E-state index contributed by atoms with van der Waals surface area (Å²) in [6, 6.07) is 14.9. The van der Waals surface area contributed by atoms with Crippen LogP contribution in [-0.4, -0.2) is 43.7 Å². The van der Waals surface area contributed by atoms with E-state index in [2.05, 4.69) is 46.2 Å². The number of likely N-dealkylation sites (tertiary alicyclic amines) is 1. The van der Waals surface area contributed by atoms with Gasteiger partial charge in [-0.2, -0.15) is 0 Å². The number of benzene rings is 2. The molecular weight excluding hydrogens is 464 g/mol. The van der Waals surface area contributed by atoms with Crippen molar-refractivity contribution in [2.45, 2.75) is 68.1 Å². The van der Waals surface area contributed by atoms with Gasteiger partial charge in [-0.25, -0.2) is 0 Å². The maximum Gasteiger partial charge on any atom is 0.305 e. The number of rotatable bonds is 11. The van der Waals surface area contributed by atoms with Crippen molar-refractivity contribution >= 4 is 40.7 Å². The lowest BCUT2D eigenvalue weighted by Gasteiger charge is -2.33. The Kier molecular flexibility index (Phi) is 9.60. The summed E-state index contributed by atoms with van der Waals surface area (Å²) in [5.74, 6) is 0.779. The van der Waals surface area contributed by atoms with E-state index in [1.54, 1.807) is 0 Å². The van der Waals surface area contributed by atoms with Crippen LogP contribution in [0.5, 0.6) is 0 Å². The van der Waals surface area contributed by atoms with Crippen LogP contribution in [0.25, 0.3) is 0 Å². The monoisotopic (exact) mass is 500 g/mol. The van der Waals surface area contributed by atoms with Gasteiger partial charge in [-0.1, -0.05) is 61.7 Å². The number of carbonyl (C=O) groups is 1. The van der Waals surface area contributed by atoms with Gasteiger partial charge in [-0.3, -0.25) is 9.69 Å². The highest BCUT2D eigenvalue weighted by Gasteiger charge is 2.23. The third-order valence-corrected chi connectivity index (χ3v) is 8.28. The van der Waals surface area contributed by atoms with Gasteiger partial charge in [0.15, 0.2) is 0 Å². The molecule has 2 aromatic carbocycles. The summed E-state index contributed by atoms with van der Waals surface area (Å²) in [5.41, 5.74) is 2.54. The van der Waals surface area contributed by atoms with Gasteiger partial charge in [0.1, 0.15) is 6.61 Å². The number of carbonyl (C=O) groups excluding carboxylic acids is 1. The molecule has 0 N–H and O–H groups in total. The fourth-order valence-corrected chi connectivity index (χ4v) is 6.23. The number of hydrogen-bond acceptors (Lipinski definition) is 5. The highest BCUT2D eigenvalue weighted by Crippen LogP contribution is 2.48. The molecule has 0 atom stereocenters. The number of fused-ring (bicyclic) bond motifs is 2. The molecule has 2 aromatic rings. The number of unbranched alkanes of at least 4 members (excludes halogenated alkanes) is 2. The molecule has 1 saturated heterocycles. The smallest absolute Gasteiger partial charge is 0.305 e. The van der Waals surface area contributed by atoms with Gasteiger partial charge in [0.2, 0.25) is 0 Å². The molecule has 1 fully saturated rings.